The number of hydrogen-bond acceptors (Lipinski definition) is 6. The molecular weight excluding hydrogens is 448 g/mol. The second-order valence-corrected chi connectivity index (χ2v) is 11.2. The molecule has 0 spiro atoms. The zero-order valence-electron chi connectivity index (χ0n) is 16.6. The van der Waals surface area contributed by atoms with Gasteiger partial charge in [0, 0.05) is 18.8 Å². The number of carbonyl (C=O) groups excluding carboxylic acids is 2. The summed E-state index contributed by atoms with van der Waals surface area (Å²) in [5, 5.41) is 0. The molecule has 1 saturated heterocycles. The molecule has 162 valence electrons. The van der Waals surface area contributed by atoms with E-state index in [2.05, 4.69) is 18.6 Å². The van der Waals surface area contributed by atoms with Crippen LogP contribution in [0.4, 0.5) is 5.69 Å². The summed E-state index contributed by atoms with van der Waals surface area (Å²) in [6.45, 7) is 5.23. The zero-order valence-corrected chi connectivity index (χ0v) is 19.0. The number of thiophene rings is 1. The summed E-state index contributed by atoms with van der Waals surface area (Å²) in [7, 11) is -3.75. The summed E-state index contributed by atoms with van der Waals surface area (Å²) in [6, 6.07) is 8.72. The van der Waals surface area contributed by atoms with E-state index in [0.717, 1.165) is 17.8 Å². The van der Waals surface area contributed by atoms with Gasteiger partial charge >= 0.3 is 5.97 Å². The Morgan fingerprint density at radius 2 is 1.77 bits per heavy atom. The number of piperidine rings is 1. The highest BCUT2D eigenvalue weighted by molar-refractivity contribution is 7.94. The first-order valence-electron chi connectivity index (χ1n) is 9.47. The normalized spacial score (nSPS) is 19.4. The molecule has 3 rings (SSSR count). The Bertz CT molecular complexity index is 1010. The van der Waals surface area contributed by atoms with Crippen molar-refractivity contribution in [2.24, 2.45) is 11.8 Å². The van der Waals surface area contributed by atoms with Gasteiger partial charge in [-0.25, -0.2) is 13.2 Å². The summed E-state index contributed by atoms with van der Waals surface area (Å²) < 4.78 is 32.7. The van der Waals surface area contributed by atoms with E-state index >= 15 is 0 Å². The van der Waals surface area contributed by atoms with E-state index in [1.807, 2.05) is 0 Å². The molecule has 0 aliphatic carbocycles. The van der Waals surface area contributed by atoms with Crippen molar-refractivity contribution in [1.29, 1.82) is 0 Å². The molecule has 1 aromatic carbocycles. The fourth-order valence-electron chi connectivity index (χ4n) is 3.49. The predicted octanol–water partition coefficient (Wildman–Crippen LogP) is 3.86. The van der Waals surface area contributed by atoms with Crippen LogP contribution in [-0.4, -0.2) is 44.9 Å². The summed E-state index contributed by atoms with van der Waals surface area (Å²) in [5.74, 6) is 0.00602. The third kappa shape index (κ3) is 5.74. The van der Waals surface area contributed by atoms with Crippen LogP contribution in [0.25, 0.3) is 0 Å². The van der Waals surface area contributed by atoms with Crippen LogP contribution in [0.15, 0.2) is 40.6 Å². The largest absolute Gasteiger partial charge is 0.452 e. The molecule has 0 radical (unpaired) electrons. The third-order valence-corrected chi connectivity index (χ3v) is 7.84. The van der Waals surface area contributed by atoms with Gasteiger partial charge in [-0.3, -0.25) is 9.52 Å². The van der Waals surface area contributed by atoms with Crippen molar-refractivity contribution in [3.63, 3.8) is 0 Å². The maximum absolute atomic E-state index is 12.3. The lowest BCUT2D eigenvalue weighted by Gasteiger charge is -2.34. The Balaban J connectivity index is 1.55. The van der Waals surface area contributed by atoms with Gasteiger partial charge in [-0.1, -0.05) is 25.4 Å². The molecule has 7 nitrogen and oxygen atoms in total. The first-order valence-corrected chi connectivity index (χ1v) is 12.1. The number of likely N-dealkylation sites (tertiary alicyclic amines) is 1. The highest BCUT2D eigenvalue weighted by Crippen LogP contribution is 2.27. The quantitative estimate of drug-likeness (QED) is 0.647. The molecule has 2 unspecified atom stereocenters. The number of esters is 1. The Hall–Kier alpha value is -2.10. The molecule has 30 heavy (non-hydrogen) atoms. The Labute approximate surface area is 185 Å². The van der Waals surface area contributed by atoms with Gasteiger partial charge in [-0.2, -0.15) is 0 Å². The number of nitrogens with one attached hydrogen (secondary N) is 1. The van der Waals surface area contributed by atoms with Gasteiger partial charge in [0.05, 0.1) is 9.90 Å². The minimum Gasteiger partial charge on any atom is -0.452 e. The standard InChI is InChI=1S/C20H23ClN2O5S2/c1-13-9-14(2)11-23(10-13)18(24)12-28-20(25)15-3-5-16(6-4-15)22-30(26,27)19-8-7-17(21)29-19/h3-8,13-14,22H,9-12H2,1-2H3. The highest BCUT2D eigenvalue weighted by atomic mass is 35.5. The summed E-state index contributed by atoms with van der Waals surface area (Å²) >= 11 is 6.74. The van der Waals surface area contributed by atoms with E-state index in [9.17, 15) is 18.0 Å². The number of hydrogen-bond donors (Lipinski definition) is 1. The summed E-state index contributed by atoms with van der Waals surface area (Å²) in [5.41, 5.74) is 0.522. The molecule has 1 aromatic heterocycles. The van der Waals surface area contributed by atoms with Gasteiger partial charge in [0.25, 0.3) is 15.9 Å². The van der Waals surface area contributed by atoms with E-state index in [1.165, 1.54) is 36.4 Å². The number of halogens is 1. The molecule has 1 fully saturated rings. The van der Waals surface area contributed by atoms with Crippen LogP contribution in [0.2, 0.25) is 4.34 Å². The minimum atomic E-state index is -3.75. The lowest BCUT2D eigenvalue weighted by atomic mass is 9.92. The first-order chi connectivity index (χ1) is 14.1. The van der Waals surface area contributed by atoms with Crippen molar-refractivity contribution in [3.05, 3.63) is 46.3 Å². The summed E-state index contributed by atoms with van der Waals surface area (Å²) in [4.78, 5) is 26.3. The van der Waals surface area contributed by atoms with Crippen molar-refractivity contribution in [2.45, 2.75) is 24.5 Å². The van der Waals surface area contributed by atoms with Gasteiger partial charge < -0.3 is 9.64 Å². The highest BCUT2D eigenvalue weighted by Gasteiger charge is 2.26. The van der Waals surface area contributed by atoms with Gasteiger partial charge in [-0.05, 0) is 54.7 Å². The van der Waals surface area contributed by atoms with Crippen LogP contribution in [0.1, 0.15) is 30.6 Å². The molecule has 1 aliphatic heterocycles. The van der Waals surface area contributed by atoms with Gasteiger partial charge in [0.1, 0.15) is 4.21 Å². The molecule has 10 heteroatoms. The fraction of sp³-hybridized carbons (Fsp3) is 0.400. The van der Waals surface area contributed by atoms with Gasteiger partial charge in [0.15, 0.2) is 6.61 Å². The maximum atomic E-state index is 12.3. The maximum Gasteiger partial charge on any atom is 0.338 e. The number of carbonyl (C=O) groups is 2. The van der Waals surface area contributed by atoms with Crippen molar-refractivity contribution in [1.82, 2.24) is 4.90 Å². The Kier molecular flexibility index (Phi) is 7.05. The average molecular weight is 471 g/mol. The van der Waals surface area contributed by atoms with Crippen molar-refractivity contribution < 1.29 is 22.7 Å². The Morgan fingerprint density at radius 3 is 2.33 bits per heavy atom. The number of rotatable bonds is 6. The number of amides is 1. The molecule has 0 saturated carbocycles. The number of ether oxygens (including phenoxy) is 1. The molecule has 0 bridgehead atoms. The molecule has 2 heterocycles. The van der Waals surface area contributed by atoms with E-state index in [4.69, 9.17) is 16.3 Å². The van der Waals surface area contributed by atoms with Crippen LogP contribution in [0.5, 0.6) is 0 Å². The molecule has 1 amide bonds. The lowest BCUT2D eigenvalue weighted by molar-refractivity contribution is -0.137. The molecular formula is C20H23ClN2O5S2. The van der Waals surface area contributed by atoms with Crippen molar-refractivity contribution in [2.75, 3.05) is 24.4 Å². The van der Waals surface area contributed by atoms with Gasteiger partial charge in [-0.15, -0.1) is 11.3 Å². The van der Waals surface area contributed by atoms with Crippen LogP contribution >= 0.6 is 22.9 Å². The SMILES string of the molecule is CC1CC(C)CN(C(=O)COC(=O)c2ccc(NS(=O)(=O)c3ccc(Cl)s3)cc2)C1. The van der Waals surface area contributed by atoms with Crippen LogP contribution in [-0.2, 0) is 19.6 Å². The lowest BCUT2D eigenvalue weighted by Crippen LogP contribution is -2.44. The van der Waals surface area contributed by atoms with E-state index in [0.29, 0.717) is 34.9 Å². The number of benzene rings is 1. The first kappa shape index (κ1) is 22.6. The summed E-state index contributed by atoms with van der Waals surface area (Å²) in [6.07, 6.45) is 1.08. The second kappa shape index (κ2) is 9.36. The predicted molar refractivity (Wildman–Crippen MR) is 116 cm³/mol. The third-order valence-electron chi connectivity index (χ3n) is 4.73. The number of anilines is 1. The zero-order chi connectivity index (χ0) is 21.9. The molecule has 2 atom stereocenters. The molecule has 1 N–H and O–H groups in total. The van der Waals surface area contributed by atoms with Crippen molar-refractivity contribution >= 4 is 50.5 Å². The minimum absolute atomic E-state index is 0.0934. The van der Waals surface area contributed by atoms with Crippen LogP contribution in [0.3, 0.4) is 0 Å². The van der Waals surface area contributed by atoms with E-state index in [1.54, 1.807) is 4.90 Å². The topological polar surface area (TPSA) is 92.8 Å². The Morgan fingerprint density at radius 1 is 1.13 bits per heavy atom. The van der Waals surface area contributed by atoms with Gasteiger partial charge in [0.2, 0.25) is 0 Å². The van der Waals surface area contributed by atoms with Crippen LogP contribution in [0, 0.1) is 11.8 Å². The van der Waals surface area contributed by atoms with Crippen molar-refractivity contribution in [3.8, 4) is 0 Å². The molecule has 1 aliphatic rings. The monoisotopic (exact) mass is 470 g/mol. The van der Waals surface area contributed by atoms with E-state index < -0.39 is 16.0 Å². The van der Waals surface area contributed by atoms with Crippen LogP contribution < -0.4 is 4.72 Å². The smallest absolute Gasteiger partial charge is 0.338 e. The van der Waals surface area contributed by atoms with E-state index in [-0.39, 0.29) is 22.3 Å². The molecule has 2 aromatic rings. The fourth-order valence-corrected chi connectivity index (χ4v) is 6.03. The average Bonchev–Trinajstić information content (AvgIpc) is 3.13. The second-order valence-electron chi connectivity index (χ2n) is 7.56. The number of nitrogens with zero attached hydrogens (tertiary/aromatic N) is 1. The number of sulfonamides is 1.